The summed E-state index contributed by atoms with van der Waals surface area (Å²) in [6.45, 7) is -0.463. The summed E-state index contributed by atoms with van der Waals surface area (Å²) in [6.07, 6.45) is -1.15. The molecule has 0 bridgehead atoms. The normalized spacial score (nSPS) is 12.2. The number of aromatic nitrogens is 2. The lowest BCUT2D eigenvalue weighted by atomic mass is 9.99. The van der Waals surface area contributed by atoms with E-state index in [0.29, 0.717) is 3.57 Å². The minimum absolute atomic E-state index is 0.0365. The van der Waals surface area contributed by atoms with Gasteiger partial charge in [-0.2, -0.15) is 5.10 Å². The monoisotopic (exact) mass is 494 g/mol. The SMILES string of the molecule is Cn1nc(C(=O)CCC(O)CO)c(Cc2ccc(I)cc2F)c(Cl)c1=O. The quantitative estimate of drug-likeness (QED) is 0.454. The predicted octanol–water partition coefficient (Wildman–Crippen LogP) is 2.08. The van der Waals surface area contributed by atoms with E-state index < -0.39 is 29.9 Å². The van der Waals surface area contributed by atoms with Crippen molar-refractivity contribution >= 4 is 40.0 Å². The number of carbonyl (C=O) groups is 1. The summed E-state index contributed by atoms with van der Waals surface area (Å²) in [7, 11) is 1.36. The van der Waals surface area contributed by atoms with Crippen LogP contribution in [0.4, 0.5) is 4.39 Å². The molecular weight excluding hydrogens is 478 g/mol. The van der Waals surface area contributed by atoms with Gasteiger partial charge >= 0.3 is 0 Å². The molecule has 2 aromatic rings. The third-order valence-electron chi connectivity index (χ3n) is 3.84. The molecular formula is C17H17ClFIN2O4. The van der Waals surface area contributed by atoms with Gasteiger partial charge in [-0.25, -0.2) is 9.07 Å². The van der Waals surface area contributed by atoms with Crippen LogP contribution in [0.1, 0.15) is 34.5 Å². The molecule has 0 saturated heterocycles. The van der Waals surface area contributed by atoms with Crippen LogP contribution in [0, 0.1) is 9.39 Å². The van der Waals surface area contributed by atoms with E-state index in [4.69, 9.17) is 16.7 Å². The average Bonchev–Trinajstić information content (AvgIpc) is 2.61. The van der Waals surface area contributed by atoms with Gasteiger partial charge in [0, 0.05) is 29.0 Å². The minimum atomic E-state index is -1.03. The zero-order valence-corrected chi connectivity index (χ0v) is 16.8. The van der Waals surface area contributed by atoms with Crippen molar-refractivity contribution in [1.82, 2.24) is 9.78 Å². The van der Waals surface area contributed by atoms with Crippen LogP contribution in [0.25, 0.3) is 0 Å². The molecule has 0 aliphatic carbocycles. The summed E-state index contributed by atoms with van der Waals surface area (Å²) in [4.78, 5) is 24.6. The second-order valence-electron chi connectivity index (χ2n) is 5.78. The smallest absolute Gasteiger partial charge is 0.285 e. The first-order chi connectivity index (χ1) is 12.2. The van der Waals surface area contributed by atoms with Crippen LogP contribution >= 0.6 is 34.2 Å². The molecule has 1 aromatic carbocycles. The van der Waals surface area contributed by atoms with Crippen molar-refractivity contribution in [2.75, 3.05) is 6.61 Å². The van der Waals surface area contributed by atoms with Crippen LogP contribution in [0.5, 0.6) is 0 Å². The van der Waals surface area contributed by atoms with Crippen molar-refractivity contribution in [2.45, 2.75) is 25.4 Å². The molecule has 6 nitrogen and oxygen atoms in total. The van der Waals surface area contributed by atoms with Gasteiger partial charge in [-0.1, -0.05) is 17.7 Å². The van der Waals surface area contributed by atoms with Gasteiger partial charge < -0.3 is 10.2 Å². The Morgan fingerprint density at radius 2 is 2.15 bits per heavy atom. The molecule has 26 heavy (non-hydrogen) atoms. The number of hydrogen-bond acceptors (Lipinski definition) is 5. The van der Waals surface area contributed by atoms with Gasteiger partial charge in [-0.15, -0.1) is 0 Å². The first-order valence-corrected chi connectivity index (χ1v) is 9.22. The Morgan fingerprint density at radius 1 is 1.46 bits per heavy atom. The maximum atomic E-state index is 14.2. The Morgan fingerprint density at radius 3 is 2.77 bits per heavy atom. The molecule has 2 rings (SSSR count). The Kier molecular flexibility index (Phi) is 7.27. The van der Waals surface area contributed by atoms with Crippen molar-refractivity contribution in [1.29, 1.82) is 0 Å². The maximum absolute atomic E-state index is 14.2. The van der Waals surface area contributed by atoms with E-state index in [2.05, 4.69) is 5.10 Å². The summed E-state index contributed by atoms with van der Waals surface area (Å²) in [6, 6.07) is 4.62. The zero-order chi connectivity index (χ0) is 19.4. The highest BCUT2D eigenvalue weighted by molar-refractivity contribution is 14.1. The summed E-state index contributed by atoms with van der Waals surface area (Å²) < 4.78 is 15.8. The first kappa shape index (κ1) is 20.9. The van der Waals surface area contributed by atoms with E-state index in [1.807, 2.05) is 22.6 Å². The van der Waals surface area contributed by atoms with Crippen molar-refractivity contribution in [3.05, 3.63) is 59.8 Å². The largest absolute Gasteiger partial charge is 0.394 e. The van der Waals surface area contributed by atoms with E-state index in [-0.39, 0.29) is 41.1 Å². The van der Waals surface area contributed by atoms with Crippen LogP contribution < -0.4 is 5.56 Å². The number of halogens is 3. The van der Waals surface area contributed by atoms with Crippen LogP contribution in [-0.2, 0) is 13.5 Å². The van der Waals surface area contributed by atoms with Crippen LogP contribution in [-0.4, -0.2) is 38.5 Å². The van der Waals surface area contributed by atoms with Gasteiger partial charge in [0.15, 0.2) is 5.78 Å². The first-order valence-electron chi connectivity index (χ1n) is 7.76. The van der Waals surface area contributed by atoms with Gasteiger partial charge in [-0.05, 0) is 46.7 Å². The molecule has 9 heteroatoms. The molecule has 2 N–H and O–H groups in total. The van der Waals surface area contributed by atoms with Crippen molar-refractivity contribution in [3.63, 3.8) is 0 Å². The standard InChI is InChI=1S/C17H17ClFIN2O4/c1-22-17(26)15(18)12(6-9-2-3-10(20)7-13(9)19)16(21-22)14(25)5-4-11(24)8-23/h2-3,7,11,23-24H,4-6,8H2,1H3. The zero-order valence-electron chi connectivity index (χ0n) is 13.9. The molecule has 1 atom stereocenters. The van der Waals surface area contributed by atoms with Crippen molar-refractivity contribution < 1.29 is 19.4 Å². The fraction of sp³-hybridized carbons (Fsp3) is 0.353. The van der Waals surface area contributed by atoms with E-state index in [0.717, 1.165) is 4.68 Å². The van der Waals surface area contributed by atoms with E-state index >= 15 is 0 Å². The fourth-order valence-corrected chi connectivity index (χ4v) is 3.11. The molecule has 1 heterocycles. The third kappa shape index (κ3) is 4.87. The number of aliphatic hydroxyl groups is 2. The molecule has 0 saturated carbocycles. The van der Waals surface area contributed by atoms with E-state index in [1.54, 1.807) is 12.1 Å². The number of hydrogen-bond donors (Lipinski definition) is 2. The molecule has 140 valence electrons. The van der Waals surface area contributed by atoms with Crippen molar-refractivity contribution in [3.8, 4) is 0 Å². The number of carbonyl (C=O) groups excluding carboxylic acids is 1. The van der Waals surface area contributed by atoms with Crippen LogP contribution in [0.2, 0.25) is 5.02 Å². The van der Waals surface area contributed by atoms with Gasteiger partial charge in [0.1, 0.15) is 16.5 Å². The molecule has 0 aliphatic heterocycles. The number of benzene rings is 1. The summed E-state index contributed by atoms with van der Waals surface area (Å²) >= 11 is 8.11. The molecule has 0 spiro atoms. The molecule has 0 aliphatic rings. The predicted molar refractivity (Wildman–Crippen MR) is 103 cm³/mol. The molecule has 0 fully saturated rings. The van der Waals surface area contributed by atoms with Crippen LogP contribution in [0.15, 0.2) is 23.0 Å². The summed E-state index contributed by atoms with van der Waals surface area (Å²) in [5.41, 5.74) is -0.190. The highest BCUT2D eigenvalue weighted by Crippen LogP contribution is 2.23. The number of rotatable bonds is 7. The number of nitrogens with zero attached hydrogens (tertiary/aromatic N) is 2. The molecule has 1 unspecified atom stereocenters. The highest BCUT2D eigenvalue weighted by atomic mass is 127. The van der Waals surface area contributed by atoms with Gasteiger partial charge in [0.2, 0.25) is 0 Å². The minimum Gasteiger partial charge on any atom is -0.394 e. The van der Waals surface area contributed by atoms with E-state index in [1.165, 1.54) is 13.1 Å². The number of aryl methyl sites for hydroxylation is 1. The number of aliphatic hydroxyl groups excluding tert-OH is 2. The second kappa shape index (κ2) is 9.03. The third-order valence-corrected chi connectivity index (χ3v) is 4.91. The summed E-state index contributed by atoms with van der Waals surface area (Å²) in [5, 5.41) is 22.1. The van der Waals surface area contributed by atoms with Crippen LogP contribution in [0.3, 0.4) is 0 Å². The van der Waals surface area contributed by atoms with Gasteiger partial charge in [0.05, 0.1) is 12.7 Å². The molecule has 0 radical (unpaired) electrons. The lowest BCUT2D eigenvalue weighted by Gasteiger charge is -2.13. The average molecular weight is 495 g/mol. The maximum Gasteiger partial charge on any atom is 0.285 e. The lowest BCUT2D eigenvalue weighted by Crippen LogP contribution is -2.26. The molecule has 1 aromatic heterocycles. The van der Waals surface area contributed by atoms with Crippen molar-refractivity contribution in [2.24, 2.45) is 7.05 Å². The topological polar surface area (TPSA) is 92.4 Å². The highest BCUT2D eigenvalue weighted by Gasteiger charge is 2.22. The van der Waals surface area contributed by atoms with E-state index in [9.17, 15) is 19.1 Å². The Balaban J connectivity index is 2.44. The fourth-order valence-electron chi connectivity index (χ4n) is 2.38. The van der Waals surface area contributed by atoms with Gasteiger partial charge in [-0.3, -0.25) is 9.59 Å². The number of Topliss-reactive ketones (excluding diaryl/α,β-unsaturated/α-hetero) is 1. The Bertz CT molecular complexity index is 888. The summed E-state index contributed by atoms with van der Waals surface area (Å²) in [5.74, 6) is -0.918. The lowest BCUT2D eigenvalue weighted by molar-refractivity contribution is 0.0776. The molecule has 0 amide bonds. The Hall–Kier alpha value is -1.36. The second-order valence-corrected chi connectivity index (χ2v) is 7.40. The number of ketones is 1. The Labute approximate surface area is 167 Å². The van der Waals surface area contributed by atoms with Gasteiger partial charge in [0.25, 0.3) is 5.56 Å².